The highest BCUT2D eigenvalue weighted by Crippen LogP contribution is 2.29. The van der Waals surface area contributed by atoms with Crippen molar-refractivity contribution in [3.63, 3.8) is 0 Å². The molecule has 0 spiro atoms. The first-order valence-electron chi connectivity index (χ1n) is 9.15. The first-order chi connectivity index (χ1) is 10.1. The van der Waals surface area contributed by atoms with Crippen LogP contribution in [-0.2, 0) is 4.74 Å². The maximum absolute atomic E-state index is 5.86. The quantitative estimate of drug-likeness (QED) is 0.630. The van der Waals surface area contributed by atoms with Gasteiger partial charge in [-0.25, -0.2) is 0 Å². The van der Waals surface area contributed by atoms with E-state index in [1.807, 2.05) is 0 Å². The fourth-order valence-corrected chi connectivity index (χ4v) is 3.16. The van der Waals surface area contributed by atoms with Crippen LogP contribution >= 0.6 is 0 Å². The van der Waals surface area contributed by atoms with Crippen LogP contribution in [0.25, 0.3) is 0 Å². The van der Waals surface area contributed by atoms with Crippen LogP contribution in [0.3, 0.4) is 0 Å². The van der Waals surface area contributed by atoms with E-state index in [1.54, 1.807) is 0 Å². The van der Waals surface area contributed by atoms with Crippen molar-refractivity contribution in [2.45, 2.75) is 72.3 Å². The Morgan fingerprint density at radius 1 is 1.14 bits per heavy atom. The van der Waals surface area contributed by atoms with Gasteiger partial charge in [0.1, 0.15) is 0 Å². The van der Waals surface area contributed by atoms with Crippen LogP contribution in [0.5, 0.6) is 0 Å². The Kier molecular flexibility index (Phi) is 9.54. The molecule has 1 heterocycles. The lowest BCUT2D eigenvalue weighted by molar-refractivity contribution is -0.0274. The van der Waals surface area contributed by atoms with E-state index in [4.69, 9.17) is 4.74 Å². The number of nitrogens with zero attached hydrogens (tertiary/aromatic N) is 1. The summed E-state index contributed by atoms with van der Waals surface area (Å²) in [6.45, 7) is 15.7. The van der Waals surface area contributed by atoms with Gasteiger partial charge in [-0.2, -0.15) is 0 Å². The van der Waals surface area contributed by atoms with E-state index < -0.39 is 0 Å². The molecule has 1 rings (SSSR count). The fourth-order valence-electron chi connectivity index (χ4n) is 3.16. The zero-order valence-corrected chi connectivity index (χ0v) is 14.9. The van der Waals surface area contributed by atoms with E-state index in [1.165, 1.54) is 58.2 Å². The van der Waals surface area contributed by atoms with Crippen LogP contribution in [0.15, 0.2) is 0 Å². The summed E-state index contributed by atoms with van der Waals surface area (Å²) in [4.78, 5) is 2.70. The van der Waals surface area contributed by atoms with E-state index in [9.17, 15) is 0 Å². The molecule has 21 heavy (non-hydrogen) atoms. The molecule has 0 amide bonds. The predicted octanol–water partition coefficient (Wildman–Crippen LogP) is 3.68. The molecule has 0 radical (unpaired) electrons. The van der Waals surface area contributed by atoms with E-state index in [2.05, 4.69) is 37.9 Å². The highest BCUT2D eigenvalue weighted by atomic mass is 16.5. The normalized spacial score (nSPS) is 23.1. The molecule has 0 bridgehead atoms. The minimum atomic E-state index is 0.323. The van der Waals surface area contributed by atoms with Crippen molar-refractivity contribution in [1.29, 1.82) is 0 Å². The third-order valence-corrected chi connectivity index (χ3v) is 4.50. The molecule has 3 nitrogen and oxygen atoms in total. The van der Waals surface area contributed by atoms with Gasteiger partial charge < -0.3 is 15.0 Å². The van der Waals surface area contributed by atoms with Gasteiger partial charge in [0.25, 0.3) is 0 Å². The average Bonchev–Trinajstić information content (AvgIpc) is 2.49. The lowest BCUT2D eigenvalue weighted by Crippen LogP contribution is -2.50. The van der Waals surface area contributed by atoms with Crippen molar-refractivity contribution in [3.05, 3.63) is 0 Å². The van der Waals surface area contributed by atoms with Gasteiger partial charge in [0.15, 0.2) is 0 Å². The van der Waals surface area contributed by atoms with Gasteiger partial charge >= 0.3 is 0 Å². The summed E-state index contributed by atoms with van der Waals surface area (Å²) in [6.07, 6.45) is 7.74. The summed E-state index contributed by atoms with van der Waals surface area (Å²) in [5, 5.41) is 3.67. The van der Waals surface area contributed by atoms with E-state index in [0.717, 1.165) is 19.8 Å². The smallest absolute Gasteiger partial charge is 0.0546 e. The summed E-state index contributed by atoms with van der Waals surface area (Å²) in [7, 11) is 0. The standard InChI is InChI=1S/C18H38N2O/c1-5-7-11-20(12-8-6-2)15-18(14-19-17(3)4)10-9-13-21-16-18/h17,19H,5-16H2,1-4H3. The van der Waals surface area contributed by atoms with Gasteiger partial charge in [0.05, 0.1) is 6.61 Å². The number of rotatable bonds is 11. The van der Waals surface area contributed by atoms with Crippen molar-refractivity contribution in [3.8, 4) is 0 Å². The van der Waals surface area contributed by atoms with Crippen molar-refractivity contribution >= 4 is 0 Å². The minimum Gasteiger partial charge on any atom is -0.381 e. The van der Waals surface area contributed by atoms with Crippen molar-refractivity contribution in [2.24, 2.45) is 5.41 Å². The lowest BCUT2D eigenvalue weighted by atomic mass is 9.81. The number of hydrogen-bond donors (Lipinski definition) is 1. The van der Waals surface area contributed by atoms with Gasteiger partial charge in [-0.1, -0.05) is 40.5 Å². The molecule has 0 aliphatic carbocycles. The fraction of sp³-hybridized carbons (Fsp3) is 1.00. The Balaban J connectivity index is 2.60. The van der Waals surface area contributed by atoms with Crippen LogP contribution < -0.4 is 5.32 Å². The summed E-state index contributed by atoms with van der Waals surface area (Å²) in [6, 6.07) is 0.559. The predicted molar refractivity (Wildman–Crippen MR) is 91.9 cm³/mol. The van der Waals surface area contributed by atoms with Crippen LogP contribution in [0.2, 0.25) is 0 Å². The Morgan fingerprint density at radius 3 is 2.29 bits per heavy atom. The van der Waals surface area contributed by atoms with Crippen molar-refractivity contribution in [1.82, 2.24) is 10.2 Å². The van der Waals surface area contributed by atoms with Crippen molar-refractivity contribution in [2.75, 3.05) is 39.4 Å². The van der Waals surface area contributed by atoms with Gasteiger partial charge in [0.2, 0.25) is 0 Å². The van der Waals surface area contributed by atoms with E-state index >= 15 is 0 Å². The monoisotopic (exact) mass is 298 g/mol. The van der Waals surface area contributed by atoms with E-state index in [0.29, 0.717) is 11.5 Å². The molecule has 1 saturated heterocycles. The summed E-state index contributed by atoms with van der Waals surface area (Å²) >= 11 is 0. The van der Waals surface area contributed by atoms with Gasteiger partial charge in [-0.15, -0.1) is 0 Å². The molecule has 1 atom stereocenters. The maximum atomic E-state index is 5.86. The number of nitrogens with one attached hydrogen (secondary N) is 1. The summed E-state index contributed by atoms with van der Waals surface area (Å²) in [5.41, 5.74) is 0.323. The first-order valence-corrected chi connectivity index (χ1v) is 9.15. The number of hydrogen-bond acceptors (Lipinski definition) is 3. The molecular weight excluding hydrogens is 260 g/mol. The molecule has 1 aliphatic rings. The zero-order valence-electron chi connectivity index (χ0n) is 14.9. The lowest BCUT2D eigenvalue weighted by Gasteiger charge is -2.41. The first kappa shape index (κ1) is 18.9. The van der Waals surface area contributed by atoms with Crippen LogP contribution in [0, 0.1) is 5.41 Å². The summed E-state index contributed by atoms with van der Waals surface area (Å²) < 4.78 is 5.86. The molecule has 1 N–H and O–H groups in total. The zero-order chi connectivity index (χ0) is 15.6. The average molecular weight is 299 g/mol. The molecule has 1 fully saturated rings. The Morgan fingerprint density at radius 2 is 1.81 bits per heavy atom. The third kappa shape index (κ3) is 7.62. The molecule has 0 aromatic rings. The SMILES string of the molecule is CCCCN(CCCC)CC1(CNC(C)C)CCCOC1. The number of unbranched alkanes of at least 4 members (excludes halogenated alkanes) is 2. The highest BCUT2D eigenvalue weighted by Gasteiger charge is 2.34. The van der Waals surface area contributed by atoms with Crippen molar-refractivity contribution < 1.29 is 4.74 Å². The minimum absolute atomic E-state index is 0.323. The Hall–Kier alpha value is -0.120. The summed E-state index contributed by atoms with van der Waals surface area (Å²) in [5.74, 6) is 0. The molecule has 1 aliphatic heterocycles. The van der Waals surface area contributed by atoms with Crippen LogP contribution in [0.1, 0.15) is 66.2 Å². The van der Waals surface area contributed by atoms with Gasteiger partial charge in [-0.05, 0) is 38.8 Å². The largest absolute Gasteiger partial charge is 0.381 e. The molecule has 0 aromatic heterocycles. The second-order valence-electron chi connectivity index (χ2n) is 7.17. The molecule has 1 unspecified atom stereocenters. The third-order valence-electron chi connectivity index (χ3n) is 4.50. The molecular formula is C18H38N2O. The highest BCUT2D eigenvalue weighted by molar-refractivity contribution is 4.88. The van der Waals surface area contributed by atoms with Gasteiger partial charge in [-0.3, -0.25) is 0 Å². The van der Waals surface area contributed by atoms with Crippen LogP contribution in [0.4, 0.5) is 0 Å². The Labute approximate surface area is 132 Å². The molecule has 3 heteroatoms. The number of ether oxygens (including phenoxy) is 1. The second kappa shape index (κ2) is 10.6. The second-order valence-corrected chi connectivity index (χ2v) is 7.17. The maximum Gasteiger partial charge on any atom is 0.0546 e. The van der Waals surface area contributed by atoms with E-state index in [-0.39, 0.29) is 0 Å². The molecule has 0 saturated carbocycles. The van der Waals surface area contributed by atoms with Gasteiger partial charge in [0, 0.05) is 31.2 Å². The topological polar surface area (TPSA) is 24.5 Å². The Bertz CT molecular complexity index is 242. The van der Waals surface area contributed by atoms with Crippen LogP contribution in [-0.4, -0.2) is 50.3 Å². The molecule has 0 aromatic carbocycles. The molecule has 126 valence electrons.